The SMILES string of the molecule is CN1CCC2c3ccccc3N(Cc3ccc(C(=O)NO)cc3)C2C1. The molecule has 2 aliphatic rings. The predicted molar refractivity (Wildman–Crippen MR) is 97.0 cm³/mol. The summed E-state index contributed by atoms with van der Waals surface area (Å²) in [4.78, 5) is 16.4. The first kappa shape index (κ1) is 16.1. The van der Waals surface area contributed by atoms with E-state index in [1.54, 1.807) is 17.6 Å². The molecule has 5 heteroatoms. The van der Waals surface area contributed by atoms with E-state index in [2.05, 4.69) is 41.1 Å². The first-order valence-corrected chi connectivity index (χ1v) is 8.75. The van der Waals surface area contributed by atoms with Gasteiger partial charge in [0.2, 0.25) is 0 Å². The largest absolute Gasteiger partial charge is 0.362 e. The minimum Gasteiger partial charge on any atom is -0.362 e. The van der Waals surface area contributed by atoms with E-state index in [4.69, 9.17) is 5.21 Å². The topological polar surface area (TPSA) is 55.8 Å². The van der Waals surface area contributed by atoms with Crippen LogP contribution in [0, 0.1) is 0 Å². The zero-order valence-electron chi connectivity index (χ0n) is 14.4. The number of hydroxylamine groups is 1. The van der Waals surface area contributed by atoms with Crippen LogP contribution >= 0.6 is 0 Å². The van der Waals surface area contributed by atoms with Crippen molar-refractivity contribution < 1.29 is 10.0 Å². The Hall–Kier alpha value is -2.37. The summed E-state index contributed by atoms with van der Waals surface area (Å²) in [6.07, 6.45) is 1.20. The van der Waals surface area contributed by atoms with Gasteiger partial charge in [-0.15, -0.1) is 0 Å². The zero-order valence-corrected chi connectivity index (χ0v) is 14.4. The molecule has 130 valence electrons. The quantitative estimate of drug-likeness (QED) is 0.668. The Labute approximate surface area is 147 Å². The molecule has 0 spiro atoms. The van der Waals surface area contributed by atoms with Gasteiger partial charge in [0.05, 0.1) is 0 Å². The van der Waals surface area contributed by atoms with Gasteiger partial charge in [-0.1, -0.05) is 30.3 Å². The molecule has 5 nitrogen and oxygen atoms in total. The maximum absolute atomic E-state index is 11.5. The van der Waals surface area contributed by atoms with Crippen LogP contribution in [0.15, 0.2) is 48.5 Å². The molecule has 2 atom stereocenters. The molecule has 4 rings (SSSR count). The summed E-state index contributed by atoms with van der Waals surface area (Å²) in [5, 5.41) is 8.74. The average Bonchev–Trinajstić information content (AvgIpc) is 2.95. The molecule has 1 fully saturated rings. The third-order valence-corrected chi connectivity index (χ3v) is 5.50. The van der Waals surface area contributed by atoms with Crippen LogP contribution in [0.1, 0.15) is 33.8 Å². The summed E-state index contributed by atoms with van der Waals surface area (Å²) in [6.45, 7) is 3.05. The van der Waals surface area contributed by atoms with E-state index in [1.807, 2.05) is 12.1 Å². The number of rotatable bonds is 3. The fraction of sp³-hybridized carbons (Fsp3) is 0.350. The zero-order chi connectivity index (χ0) is 17.4. The number of likely N-dealkylation sites (N-methyl/N-ethyl adjacent to an activating group) is 1. The smallest absolute Gasteiger partial charge is 0.274 e. The lowest BCUT2D eigenvalue weighted by molar-refractivity contribution is 0.0706. The fourth-order valence-corrected chi connectivity index (χ4v) is 4.23. The Kier molecular flexibility index (Phi) is 4.19. The van der Waals surface area contributed by atoms with Gasteiger partial charge in [0, 0.05) is 36.3 Å². The van der Waals surface area contributed by atoms with Crippen molar-refractivity contribution in [1.82, 2.24) is 10.4 Å². The lowest BCUT2D eigenvalue weighted by atomic mass is 9.88. The average molecular weight is 337 g/mol. The monoisotopic (exact) mass is 337 g/mol. The van der Waals surface area contributed by atoms with Crippen molar-refractivity contribution in [3.05, 3.63) is 65.2 Å². The number of hydrogen-bond acceptors (Lipinski definition) is 4. The summed E-state index contributed by atoms with van der Waals surface area (Å²) in [5.74, 6) is 0.124. The number of likely N-dealkylation sites (tertiary alicyclic amines) is 1. The summed E-state index contributed by atoms with van der Waals surface area (Å²) in [6, 6.07) is 16.7. The molecule has 1 amide bonds. The van der Waals surface area contributed by atoms with Crippen molar-refractivity contribution in [1.29, 1.82) is 0 Å². The third kappa shape index (κ3) is 2.90. The van der Waals surface area contributed by atoms with Crippen molar-refractivity contribution in [2.75, 3.05) is 25.0 Å². The summed E-state index contributed by atoms with van der Waals surface area (Å²) < 4.78 is 0. The Morgan fingerprint density at radius 3 is 2.72 bits per heavy atom. The molecule has 0 radical (unpaired) electrons. The van der Waals surface area contributed by atoms with Crippen molar-refractivity contribution in [3.63, 3.8) is 0 Å². The van der Waals surface area contributed by atoms with Gasteiger partial charge in [-0.2, -0.15) is 0 Å². The molecule has 0 aliphatic carbocycles. The van der Waals surface area contributed by atoms with Crippen LogP contribution in [0.4, 0.5) is 5.69 Å². The number of anilines is 1. The number of fused-ring (bicyclic) bond motifs is 3. The van der Waals surface area contributed by atoms with E-state index in [9.17, 15) is 4.79 Å². The van der Waals surface area contributed by atoms with E-state index in [0.717, 1.165) is 25.2 Å². The molecular weight excluding hydrogens is 314 g/mol. The number of hydrogen-bond donors (Lipinski definition) is 2. The maximum atomic E-state index is 11.5. The molecule has 2 aromatic carbocycles. The molecule has 2 unspecified atom stereocenters. The van der Waals surface area contributed by atoms with E-state index in [1.165, 1.54) is 17.7 Å². The van der Waals surface area contributed by atoms with Gasteiger partial charge in [-0.05, 0) is 49.3 Å². The number of nitrogens with one attached hydrogen (secondary N) is 1. The minimum atomic E-state index is -0.480. The molecule has 2 N–H and O–H groups in total. The van der Waals surface area contributed by atoms with Crippen LogP contribution in [-0.2, 0) is 6.54 Å². The number of carbonyl (C=O) groups is 1. The highest BCUT2D eigenvalue weighted by Gasteiger charge is 2.40. The van der Waals surface area contributed by atoms with E-state index in [0.29, 0.717) is 17.5 Å². The lowest BCUT2D eigenvalue weighted by Crippen LogP contribution is -2.46. The van der Waals surface area contributed by atoms with Crippen LogP contribution in [0.3, 0.4) is 0 Å². The van der Waals surface area contributed by atoms with Crippen LogP contribution in [-0.4, -0.2) is 42.2 Å². The van der Waals surface area contributed by atoms with Crippen LogP contribution in [0.25, 0.3) is 0 Å². The Bertz CT molecular complexity index is 775. The van der Waals surface area contributed by atoms with Gasteiger partial charge >= 0.3 is 0 Å². The Morgan fingerprint density at radius 1 is 1.20 bits per heavy atom. The van der Waals surface area contributed by atoms with Gasteiger partial charge in [-0.3, -0.25) is 10.0 Å². The molecule has 2 heterocycles. The number of nitrogens with zero attached hydrogens (tertiary/aromatic N) is 2. The normalized spacial score (nSPS) is 22.4. The summed E-state index contributed by atoms with van der Waals surface area (Å²) >= 11 is 0. The van der Waals surface area contributed by atoms with Crippen molar-refractivity contribution >= 4 is 11.6 Å². The lowest BCUT2D eigenvalue weighted by Gasteiger charge is -2.38. The first-order valence-electron chi connectivity index (χ1n) is 8.75. The van der Waals surface area contributed by atoms with Crippen LogP contribution < -0.4 is 10.4 Å². The first-order chi connectivity index (χ1) is 12.2. The van der Waals surface area contributed by atoms with Crippen molar-refractivity contribution in [3.8, 4) is 0 Å². The van der Waals surface area contributed by atoms with Crippen LogP contribution in [0.5, 0.6) is 0 Å². The molecule has 1 saturated heterocycles. The van der Waals surface area contributed by atoms with Gasteiger partial charge in [0.15, 0.2) is 0 Å². The van der Waals surface area contributed by atoms with Crippen molar-refractivity contribution in [2.24, 2.45) is 0 Å². The maximum Gasteiger partial charge on any atom is 0.274 e. The molecule has 25 heavy (non-hydrogen) atoms. The van der Waals surface area contributed by atoms with Gasteiger partial charge in [0.1, 0.15) is 0 Å². The number of benzene rings is 2. The van der Waals surface area contributed by atoms with Gasteiger partial charge < -0.3 is 9.80 Å². The summed E-state index contributed by atoms with van der Waals surface area (Å²) in [7, 11) is 2.19. The predicted octanol–water partition coefficient (Wildman–Crippen LogP) is 2.61. The Balaban J connectivity index is 1.61. The Morgan fingerprint density at radius 2 is 1.96 bits per heavy atom. The standard InChI is InChI=1S/C20H23N3O2/c1-22-11-10-17-16-4-2-3-5-18(16)23(19(17)13-22)12-14-6-8-15(9-7-14)20(24)21-25/h2-9,17,19,25H,10-13H2,1H3,(H,21,24). The van der Waals surface area contributed by atoms with E-state index < -0.39 is 5.91 Å². The molecule has 2 aromatic rings. The highest BCUT2D eigenvalue weighted by Crippen LogP contribution is 2.45. The second-order valence-corrected chi connectivity index (χ2v) is 7.05. The highest BCUT2D eigenvalue weighted by molar-refractivity contribution is 5.93. The van der Waals surface area contributed by atoms with Gasteiger partial charge in [-0.25, -0.2) is 5.48 Å². The fourth-order valence-electron chi connectivity index (χ4n) is 4.23. The second kappa shape index (κ2) is 6.50. The highest BCUT2D eigenvalue weighted by atomic mass is 16.5. The number of para-hydroxylation sites is 1. The van der Waals surface area contributed by atoms with E-state index >= 15 is 0 Å². The van der Waals surface area contributed by atoms with Gasteiger partial charge in [0.25, 0.3) is 5.91 Å². The second-order valence-electron chi connectivity index (χ2n) is 7.05. The number of amides is 1. The summed E-state index contributed by atoms with van der Waals surface area (Å²) in [5.41, 5.74) is 6.11. The van der Waals surface area contributed by atoms with E-state index in [-0.39, 0.29) is 0 Å². The molecule has 0 bridgehead atoms. The third-order valence-electron chi connectivity index (χ3n) is 5.50. The molecule has 0 saturated carbocycles. The number of piperidine rings is 1. The minimum absolute atomic E-state index is 0.461. The molecular formula is C20H23N3O2. The van der Waals surface area contributed by atoms with Crippen molar-refractivity contribution in [2.45, 2.75) is 24.9 Å². The van der Waals surface area contributed by atoms with Crippen LogP contribution in [0.2, 0.25) is 0 Å². The number of carbonyl (C=O) groups excluding carboxylic acids is 1. The molecule has 0 aromatic heterocycles. The molecule has 2 aliphatic heterocycles.